The van der Waals surface area contributed by atoms with E-state index in [4.69, 9.17) is 0 Å². The number of benzene rings is 1. The van der Waals surface area contributed by atoms with Crippen molar-refractivity contribution in [3.63, 3.8) is 0 Å². The lowest BCUT2D eigenvalue weighted by atomic mass is 10.2. The molecular formula is C17H21N5O. The molecule has 6 nitrogen and oxygen atoms in total. The Kier molecular flexibility index (Phi) is 4.83. The molecule has 0 unspecified atom stereocenters. The Morgan fingerprint density at radius 2 is 1.96 bits per heavy atom. The molecule has 1 aliphatic heterocycles. The zero-order valence-electron chi connectivity index (χ0n) is 13.3. The average molecular weight is 311 g/mol. The highest BCUT2D eigenvalue weighted by molar-refractivity contribution is 5.92. The molecule has 1 N–H and O–H groups in total. The highest BCUT2D eigenvalue weighted by Gasteiger charge is 2.20. The third kappa shape index (κ3) is 4.04. The second-order valence-corrected chi connectivity index (χ2v) is 5.69. The molecule has 0 bridgehead atoms. The van der Waals surface area contributed by atoms with Crippen LogP contribution in [-0.2, 0) is 4.79 Å². The second-order valence-electron chi connectivity index (χ2n) is 5.69. The van der Waals surface area contributed by atoms with E-state index in [0.717, 1.165) is 43.2 Å². The fourth-order valence-corrected chi connectivity index (χ4v) is 2.70. The van der Waals surface area contributed by atoms with Crippen LogP contribution < -0.4 is 10.2 Å². The number of hydrogen-bond acceptors (Lipinski definition) is 5. The molecule has 120 valence electrons. The van der Waals surface area contributed by atoms with Crippen LogP contribution in [0.3, 0.4) is 0 Å². The average Bonchev–Trinajstić information content (AvgIpc) is 2.58. The van der Waals surface area contributed by atoms with Gasteiger partial charge < -0.3 is 10.2 Å². The van der Waals surface area contributed by atoms with Gasteiger partial charge in [0.15, 0.2) is 0 Å². The monoisotopic (exact) mass is 311 g/mol. The summed E-state index contributed by atoms with van der Waals surface area (Å²) in [6, 6.07) is 7.83. The van der Waals surface area contributed by atoms with Gasteiger partial charge in [-0.1, -0.05) is 18.2 Å². The molecule has 6 heteroatoms. The van der Waals surface area contributed by atoms with E-state index in [1.165, 1.54) is 0 Å². The first-order valence-electron chi connectivity index (χ1n) is 7.81. The Hall–Kier alpha value is -2.47. The number of nitrogens with zero attached hydrogens (tertiary/aromatic N) is 4. The summed E-state index contributed by atoms with van der Waals surface area (Å²) in [6.45, 7) is 5.82. The first-order chi connectivity index (χ1) is 11.2. The number of para-hydroxylation sites is 1. The molecular weight excluding hydrogens is 290 g/mol. The fraction of sp³-hybridized carbons (Fsp3) is 0.353. The predicted octanol–water partition coefficient (Wildman–Crippen LogP) is 1.55. The van der Waals surface area contributed by atoms with E-state index in [9.17, 15) is 4.79 Å². The van der Waals surface area contributed by atoms with E-state index < -0.39 is 0 Å². The van der Waals surface area contributed by atoms with Crippen molar-refractivity contribution in [2.75, 3.05) is 42.9 Å². The van der Waals surface area contributed by atoms with Crippen molar-refractivity contribution in [3.05, 3.63) is 48.4 Å². The van der Waals surface area contributed by atoms with Gasteiger partial charge in [0.05, 0.1) is 12.7 Å². The Bertz CT molecular complexity index is 653. The van der Waals surface area contributed by atoms with E-state index in [0.29, 0.717) is 6.54 Å². The molecule has 0 saturated carbocycles. The summed E-state index contributed by atoms with van der Waals surface area (Å²) in [4.78, 5) is 25.0. The van der Waals surface area contributed by atoms with Crippen LogP contribution in [0.1, 0.15) is 5.56 Å². The maximum atomic E-state index is 12.2. The molecule has 1 aromatic carbocycles. The summed E-state index contributed by atoms with van der Waals surface area (Å²) in [5.41, 5.74) is 1.96. The van der Waals surface area contributed by atoms with Crippen molar-refractivity contribution in [1.29, 1.82) is 0 Å². The van der Waals surface area contributed by atoms with Crippen LogP contribution in [-0.4, -0.2) is 53.5 Å². The van der Waals surface area contributed by atoms with Crippen molar-refractivity contribution >= 4 is 17.4 Å². The number of anilines is 2. The van der Waals surface area contributed by atoms with Gasteiger partial charge in [0.1, 0.15) is 5.82 Å². The van der Waals surface area contributed by atoms with E-state index in [-0.39, 0.29) is 5.91 Å². The van der Waals surface area contributed by atoms with Crippen LogP contribution in [0, 0.1) is 6.92 Å². The molecule has 1 aromatic heterocycles. The third-order valence-electron chi connectivity index (χ3n) is 4.03. The number of piperazine rings is 1. The zero-order chi connectivity index (χ0) is 16.1. The summed E-state index contributed by atoms with van der Waals surface area (Å²) >= 11 is 0. The number of carbonyl (C=O) groups excluding carboxylic acids is 1. The minimum Gasteiger partial charge on any atom is -0.353 e. The van der Waals surface area contributed by atoms with E-state index in [2.05, 4.69) is 25.1 Å². The van der Waals surface area contributed by atoms with Gasteiger partial charge in [-0.25, -0.2) is 4.98 Å². The van der Waals surface area contributed by atoms with Gasteiger partial charge in [-0.05, 0) is 18.6 Å². The molecule has 1 saturated heterocycles. The maximum Gasteiger partial charge on any atom is 0.238 e. The molecule has 0 radical (unpaired) electrons. The molecule has 1 fully saturated rings. The van der Waals surface area contributed by atoms with E-state index in [1.807, 2.05) is 31.2 Å². The smallest absolute Gasteiger partial charge is 0.238 e. The van der Waals surface area contributed by atoms with Crippen LogP contribution in [0.15, 0.2) is 42.9 Å². The summed E-state index contributed by atoms with van der Waals surface area (Å²) in [6.07, 6.45) is 5.16. The molecule has 2 aromatic rings. The standard InChI is InChI=1S/C17H21N5O/c1-14-4-2-3-5-15(14)20-17(23)13-21-8-10-22(11-9-21)16-12-18-6-7-19-16/h2-7,12H,8-11,13H2,1H3,(H,20,23). The van der Waals surface area contributed by atoms with Crippen molar-refractivity contribution < 1.29 is 4.79 Å². The maximum absolute atomic E-state index is 12.2. The molecule has 0 spiro atoms. The minimum atomic E-state index is 0.0345. The first kappa shape index (κ1) is 15.4. The fourth-order valence-electron chi connectivity index (χ4n) is 2.70. The van der Waals surface area contributed by atoms with Crippen LogP contribution in [0.2, 0.25) is 0 Å². The quantitative estimate of drug-likeness (QED) is 0.928. The van der Waals surface area contributed by atoms with Gasteiger partial charge in [0, 0.05) is 44.3 Å². The largest absolute Gasteiger partial charge is 0.353 e. The Morgan fingerprint density at radius 1 is 1.17 bits per heavy atom. The topological polar surface area (TPSA) is 61.4 Å². The molecule has 1 aliphatic rings. The molecule has 3 rings (SSSR count). The van der Waals surface area contributed by atoms with E-state index in [1.54, 1.807) is 18.6 Å². The van der Waals surface area contributed by atoms with Crippen molar-refractivity contribution in [2.24, 2.45) is 0 Å². The molecule has 0 aliphatic carbocycles. The predicted molar refractivity (Wildman–Crippen MR) is 90.5 cm³/mol. The minimum absolute atomic E-state index is 0.0345. The first-order valence-corrected chi connectivity index (χ1v) is 7.81. The number of amides is 1. The van der Waals surface area contributed by atoms with Crippen LogP contribution in [0.5, 0.6) is 0 Å². The Balaban J connectivity index is 1.49. The zero-order valence-corrected chi connectivity index (χ0v) is 13.3. The molecule has 23 heavy (non-hydrogen) atoms. The number of aryl methyl sites for hydroxylation is 1. The number of aromatic nitrogens is 2. The molecule has 1 amide bonds. The Morgan fingerprint density at radius 3 is 2.65 bits per heavy atom. The third-order valence-corrected chi connectivity index (χ3v) is 4.03. The number of hydrogen-bond donors (Lipinski definition) is 1. The van der Waals surface area contributed by atoms with Crippen molar-refractivity contribution in [3.8, 4) is 0 Å². The molecule has 0 atom stereocenters. The van der Waals surface area contributed by atoms with Gasteiger partial charge in [0.2, 0.25) is 5.91 Å². The highest BCUT2D eigenvalue weighted by atomic mass is 16.2. The lowest BCUT2D eigenvalue weighted by molar-refractivity contribution is -0.117. The Labute approximate surface area is 136 Å². The van der Waals surface area contributed by atoms with Crippen molar-refractivity contribution in [1.82, 2.24) is 14.9 Å². The summed E-state index contributed by atoms with van der Waals surface area (Å²) < 4.78 is 0. The van der Waals surface area contributed by atoms with Gasteiger partial charge in [-0.3, -0.25) is 14.7 Å². The van der Waals surface area contributed by atoms with Gasteiger partial charge in [-0.15, -0.1) is 0 Å². The summed E-state index contributed by atoms with van der Waals surface area (Å²) in [7, 11) is 0. The van der Waals surface area contributed by atoms with Gasteiger partial charge in [0.25, 0.3) is 0 Å². The van der Waals surface area contributed by atoms with Crippen molar-refractivity contribution in [2.45, 2.75) is 6.92 Å². The van der Waals surface area contributed by atoms with E-state index >= 15 is 0 Å². The van der Waals surface area contributed by atoms with Gasteiger partial charge in [-0.2, -0.15) is 0 Å². The SMILES string of the molecule is Cc1ccccc1NC(=O)CN1CCN(c2cnccn2)CC1. The number of nitrogens with one attached hydrogen (secondary N) is 1. The number of carbonyl (C=O) groups is 1. The summed E-state index contributed by atoms with van der Waals surface area (Å²) in [5, 5.41) is 2.98. The normalized spacial score (nSPS) is 15.4. The van der Waals surface area contributed by atoms with Crippen LogP contribution >= 0.6 is 0 Å². The summed E-state index contributed by atoms with van der Waals surface area (Å²) in [5.74, 6) is 0.934. The lowest BCUT2D eigenvalue weighted by Crippen LogP contribution is -2.49. The highest BCUT2D eigenvalue weighted by Crippen LogP contribution is 2.14. The number of rotatable bonds is 4. The van der Waals surface area contributed by atoms with Gasteiger partial charge >= 0.3 is 0 Å². The lowest BCUT2D eigenvalue weighted by Gasteiger charge is -2.34. The van der Waals surface area contributed by atoms with Crippen LogP contribution in [0.4, 0.5) is 11.5 Å². The van der Waals surface area contributed by atoms with Crippen LogP contribution in [0.25, 0.3) is 0 Å². The molecule has 2 heterocycles. The second kappa shape index (κ2) is 7.19.